The molecule has 0 aromatic heterocycles. The van der Waals surface area contributed by atoms with E-state index in [2.05, 4.69) is 34.6 Å². The van der Waals surface area contributed by atoms with E-state index >= 15 is 0 Å². The van der Waals surface area contributed by atoms with Crippen LogP contribution in [0.5, 0.6) is 0 Å². The zero-order valence-electron chi connectivity index (χ0n) is 10.1. The van der Waals surface area contributed by atoms with Gasteiger partial charge in [-0.15, -0.1) is 0 Å². The van der Waals surface area contributed by atoms with E-state index in [-0.39, 0.29) is 0 Å². The van der Waals surface area contributed by atoms with Gasteiger partial charge in [-0.3, -0.25) is 0 Å². The van der Waals surface area contributed by atoms with Crippen LogP contribution in [0.25, 0.3) is 0 Å². The zero-order chi connectivity index (χ0) is 10.1. The van der Waals surface area contributed by atoms with E-state index in [1.165, 1.54) is 25.7 Å². The lowest BCUT2D eigenvalue weighted by molar-refractivity contribution is 0.0819. The number of rotatable bonds is 2. The Bertz CT molecular complexity index is 157. The smallest absolute Gasteiger partial charge is 0.0300 e. The van der Waals surface area contributed by atoms with Crippen molar-refractivity contribution in [1.82, 2.24) is 0 Å². The van der Waals surface area contributed by atoms with Crippen LogP contribution in [0.2, 0.25) is 0 Å². The largest absolute Gasteiger partial charge is 0.0625 e. The Morgan fingerprint density at radius 2 is 1.77 bits per heavy atom. The summed E-state index contributed by atoms with van der Waals surface area (Å²) in [6, 6.07) is 0. The summed E-state index contributed by atoms with van der Waals surface area (Å²) in [5.41, 5.74) is 0.632. The molecule has 0 spiro atoms. The van der Waals surface area contributed by atoms with Crippen LogP contribution in [0, 0.1) is 23.2 Å². The van der Waals surface area contributed by atoms with Crippen LogP contribution in [0.15, 0.2) is 0 Å². The first-order valence-corrected chi connectivity index (χ1v) is 5.96. The minimum atomic E-state index is 0.632. The van der Waals surface area contributed by atoms with Crippen LogP contribution in [0.3, 0.4) is 0 Å². The summed E-state index contributed by atoms with van der Waals surface area (Å²) < 4.78 is 0. The fourth-order valence-electron chi connectivity index (χ4n) is 2.66. The van der Waals surface area contributed by atoms with Gasteiger partial charge < -0.3 is 0 Å². The molecule has 0 amide bonds. The molecule has 0 heterocycles. The van der Waals surface area contributed by atoms with Crippen molar-refractivity contribution in [3.05, 3.63) is 0 Å². The van der Waals surface area contributed by atoms with Gasteiger partial charge in [0.15, 0.2) is 0 Å². The van der Waals surface area contributed by atoms with E-state index in [1.54, 1.807) is 0 Å². The number of hydrogen-bond acceptors (Lipinski definition) is 0. The van der Waals surface area contributed by atoms with Gasteiger partial charge in [-0.2, -0.15) is 0 Å². The SMILES string of the molecule is CC(C)C1CCCC(C)(C(C)C)C1. The lowest BCUT2D eigenvalue weighted by Crippen LogP contribution is -2.32. The van der Waals surface area contributed by atoms with Crippen LogP contribution in [0.1, 0.15) is 60.3 Å². The summed E-state index contributed by atoms with van der Waals surface area (Å²) in [7, 11) is 0. The molecule has 0 nitrogen and oxygen atoms in total. The summed E-state index contributed by atoms with van der Waals surface area (Å²) in [4.78, 5) is 0. The molecular formula is C13H26. The summed E-state index contributed by atoms with van der Waals surface area (Å²) in [5.74, 6) is 2.73. The summed E-state index contributed by atoms with van der Waals surface area (Å²) in [5, 5.41) is 0. The molecule has 2 atom stereocenters. The van der Waals surface area contributed by atoms with Crippen molar-refractivity contribution in [1.29, 1.82) is 0 Å². The van der Waals surface area contributed by atoms with Crippen molar-refractivity contribution in [3.63, 3.8) is 0 Å². The summed E-state index contributed by atoms with van der Waals surface area (Å²) in [6.07, 6.45) is 5.84. The Hall–Kier alpha value is 0. The molecule has 0 radical (unpaired) electrons. The molecular weight excluding hydrogens is 156 g/mol. The van der Waals surface area contributed by atoms with E-state index in [0.717, 1.165) is 17.8 Å². The van der Waals surface area contributed by atoms with E-state index < -0.39 is 0 Å². The highest BCUT2D eigenvalue weighted by molar-refractivity contribution is 4.86. The Morgan fingerprint density at radius 3 is 2.23 bits per heavy atom. The maximum Gasteiger partial charge on any atom is -0.0300 e. The van der Waals surface area contributed by atoms with Crippen molar-refractivity contribution in [3.8, 4) is 0 Å². The first-order chi connectivity index (χ1) is 5.96. The second-order valence-corrected chi connectivity index (χ2v) is 5.91. The minimum absolute atomic E-state index is 0.632. The van der Waals surface area contributed by atoms with Crippen LogP contribution in [-0.2, 0) is 0 Å². The Morgan fingerprint density at radius 1 is 1.15 bits per heavy atom. The summed E-state index contributed by atoms with van der Waals surface area (Å²) in [6.45, 7) is 12.0. The quantitative estimate of drug-likeness (QED) is 0.590. The fourth-order valence-corrected chi connectivity index (χ4v) is 2.66. The van der Waals surface area contributed by atoms with Gasteiger partial charge in [-0.1, -0.05) is 47.5 Å². The molecule has 1 aliphatic rings. The van der Waals surface area contributed by atoms with Crippen LogP contribution in [0.4, 0.5) is 0 Å². The maximum atomic E-state index is 2.49. The zero-order valence-corrected chi connectivity index (χ0v) is 10.1. The Balaban J connectivity index is 2.60. The molecule has 0 aliphatic heterocycles. The molecule has 0 aromatic carbocycles. The second kappa shape index (κ2) is 4.02. The number of hydrogen-bond donors (Lipinski definition) is 0. The van der Waals surface area contributed by atoms with Gasteiger partial charge in [0.1, 0.15) is 0 Å². The second-order valence-electron chi connectivity index (χ2n) is 5.91. The van der Waals surface area contributed by atoms with E-state index in [1.807, 2.05) is 0 Å². The molecule has 0 aromatic rings. The lowest BCUT2D eigenvalue weighted by Gasteiger charge is -2.42. The van der Waals surface area contributed by atoms with Crippen molar-refractivity contribution in [2.24, 2.45) is 23.2 Å². The standard InChI is InChI=1S/C13H26/c1-10(2)12-7-6-8-13(5,9-12)11(3)4/h10-12H,6-9H2,1-5H3. The van der Waals surface area contributed by atoms with Crippen LogP contribution >= 0.6 is 0 Å². The van der Waals surface area contributed by atoms with E-state index in [4.69, 9.17) is 0 Å². The highest BCUT2D eigenvalue weighted by Crippen LogP contribution is 2.46. The van der Waals surface area contributed by atoms with Gasteiger partial charge >= 0.3 is 0 Å². The first kappa shape index (κ1) is 11.1. The third-order valence-corrected chi connectivity index (χ3v) is 4.39. The van der Waals surface area contributed by atoms with Crippen molar-refractivity contribution in [2.45, 2.75) is 60.3 Å². The average Bonchev–Trinajstić information content (AvgIpc) is 2.04. The highest BCUT2D eigenvalue weighted by Gasteiger charge is 2.35. The summed E-state index contributed by atoms with van der Waals surface area (Å²) >= 11 is 0. The van der Waals surface area contributed by atoms with Crippen molar-refractivity contribution in [2.75, 3.05) is 0 Å². The van der Waals surface area contributed by atoms with E-state index in [0.29, 0.717) is 5.41 Å². The monoisotopic (exact) mass is 182 g/mol. The molecule has 1 saturated carbocycles. The van der Waals surface area contributed by atoms with Crippen molar-refractivity contribution < 1.29 is 0 Å². The molecule has 0 saturated heterocycles. The highest BCUT2D eigenvalue weighted by atomic mass is 14.4. The maximum absolute atomic E-state index is 2.49. The van der Waals surface area contributed by atoms with Gasteiger partial charge in [0.2, 0.25) is 0 Å². The van der Waals surface area contributed by atoms with Gasteiger partial charge in [0, 0.05) is 0 Å². The van der Waals surface area contributed by atoms with Gasteiger partial charge in [-0.05, 0) is 36.0 Å². The Kier molecular flexibility index (Phi) is 3.43. The Labute approximate surface area is 84.1 Å². The van der Waals surface area contributed by atoms with Crippen molar-refractivity contribution >= 4 is 0 Å². The average molecular weight is 182 g/mol. The predicted octanol–water partition coefficient (Wildman–Crippen LogP) is 4.49. The minimum Gasteiger partial charge on any atom is -0.0625 e. The third kappa shape index (κ3) is 2.48. The van der Waals surface area contributed by atoms with Gasteiger partial charge in [-0.25, -0.2) is 0 Å². The molecule has 1 rings (SSSR count). The molecule has 0 N–H and O–H groups in total. The van der Waals surface area contributed by atoms with Crippen LogP contribution < -0.4 is 0 Å². The first-order valence-electron chi connectivity index (χ1n) is 5.96. The van der Waals surface area contributed by atoms with E-state index in [9.17, 15) is 0 Å². The fraction of sp³-hybridized carbons (Fsp3) is 1.00. The predicted molar refractivity (Wildman–Crippen MR) is 59.7 cm³/mol. The molecule has 0 heteroatoms. The molecule has 0 bridgehead atoms. The molecule has 78 valence electrons. The molecule has 13 heavy (non-hydrogen) atoms. The lowest BCUT2D eigenvalue weighted by atomic mass is 9.63. The third-order valence-electron chi connectivity index (χ3n) is 4.39. The van der Waals surface area contributed by atoms with Gasteiger partial charge in [0.25, 0.3) is 0 Å². The topological polar surface area (TPSA) is 0 Å². The molecule has 1 fully saturated rings. The molecule has 1 aliphatic carbocycles. The normalized spacial score (nSPS) is 35.8. The van der Waals surface area contributed by atoms with Gasteiger partial charge in [0.05, 0.1) is 0 Å². The molecule has 2 unspecified atom stereocenters. The van der Waals surface area contributed by atoms with Crippen LogP contribution in [-0.4, -0.2) is 0 Å².